The Morgan fingerprint density at radius 1 is 1.40 bits per heavy atom. The highest BCUT2D eigenvalue weighted by Gasteiger charge is 2.24. The number of aliphatic hydroxyl groups is 1. The van der Waals surface area contributed by atoms with E-state index in [1.165, 1.54) is 10.8 Å². The van der Waals surface area contributed by atoms with Crippen LogP contribution in [-0.4, -0.2) is 46.5 Å². The molecular formula is C19H23FN6O4. The number of H-pyrrole nitrogens is 1. The summed E-state index contributed by atoms with van der Waals surface area (Å²) in [5.74, 6) is -1.75. The van der Waals surface area contributed by atoms with Crippen molar-refractivity contribution in [3.8, 4) is 11.7 Å². The maximum Gasteiger partial charge on any atom is 0.352 e. The molecule has 0 saturated heterocycles. The second-order valence-electron chi connectivity index (χ2n) is 6.95. The molecule has 0 amide bonds. The van der Waals surface area contributed by atoms with E-state index in [1.54, 1.807) is 27.7 Å². The highest BCUT2D eigenvalue weighted by molar-refractivity contribution is 5.99. The number of ether oxygens (including phenoxy) is 1. The van der Waals surface area contributed by atoms with Gasteiger partial charge < -0.3 is 9.84 Å². The monoisotopic (exact) mass is 418 g/mol. The molecular weight excluding hydrogens is 395 g/mol. The number of hydrogen-bond acceptors (Lipinski definition) is 7. The average molecular weight is 418 g/mol. The van der Waals surface area contributed by atoms with Crippen LogP contribution in [0.1, 0.15) is 48.2 Å². The number of aryl methyl sites for hydroxylation is 1. The molecule has 0 atom stereocenters. The Kier molecular flexibility index (Phi) is 6.11. The lowest BCUT2D eigenvalue weighted by Gasteiger charge is -2.14. The summed E-state index contributed by atoms with van der Waals surface area (Å²) in [6.45, 7) is 6.70. The molecule has 30 heavy (non-hydrogen) atoms. The molecule has 0 aromatic carbocycles. The Hall–Kier alpha value is -3.34. The zero-order chi connectivity index (χ0) is 22.0. The molecule has 10 nitrogen and oxygen atoms in total. The molecule has 0 bridgehead atoms. The van der Waals surface area contributed by atoms with Crippen molar-refractivity contribution in [3.05, 3.63) is 51.2 Å². The fourth-order valence-corrected chi connectivity index (χ4v) is 2.96. The summed E-state index contributed by atoms with van der Waals surface area (Å²) in [5, 5.41) is 20.0. The molecule has 2 N–H and O–H groups in total. The second-order valence-corrected chi connectivity index (χ2v) is 6.95. The van der Waals surface area contributed by atoms with Gasteiger partial charge in [-0.25, -0.2) is 9.18 Å². The normalized spacial score (nSPS) is 11.3. The number of aromatic amines is 1. The average Bonchev–Trinajstić information content (AvgIpc) is 3.24. The summed E-state index contributed by atoms with van der Waals surface area (Å²) in [7, 11) is 0. The quantitative estimate of drug-likeness (QED) is 0.528. The number of nitrogens with zero attached hydrogens (tertiary/aromatic N) is 5. The molecule has 0 aliphatic rings. The van der Waals surface area contributed by atoms with Crippen molar-refractivity contribution < 1.29 is 19.0 Å². The fourth-order valence-electron chi connectivity index (χ4n) is 2.96. The number of carbonyl (C=O) groups excluding carboxylic acids is 1. The van der Waals surface area contributed by atoms with Gasteiger partial charge in [0.2, 0.25) is 5.88 Å². The van der Waals surface area contributed by atoms with E-state index >= 15 is 0 Å². The maximum absolute atomic E-state index is 14.9. The lowest BCUT2D eigenvalue weighted by Crippen LogP contribution is -2.26. The molecule has 0 aliphatic carbocycles. The van der Waals surface area contributed by atoms with Crippen LogP contribution in [0.3, 0.4) is 0 Å². The third kappa shape index (κ3) is 4.01. The maximum atomic E-state index is 14.9. The Morgan fingerprint density at radius 2 is 2.13 bits per heavy atom. The summed E-state index contributed by atoms with van der Waals surface area (Å²) in [4.78, 5) is 29.5. The van der Waals surface area contributed by atoms with Gasteiger partial charge in [0.05, 0.1) is 17.9 Å². The number of Topliss-reactive ketones (excluding diaryl/α,β-unsaturated/α-hetero) is 1. The van der Waals surface area contributed by atoms with Crippen molar-refractivity contribution >= 4 is 5.78 Å². The number of pyridine rings is 1. The fraction of sp³-hybridized carbons (Fsp3) is 0.421. The summed E-state index contributed by atoms with van der Waals surface area (Å²) in [6, 6.07) is 0.994. The zero-order valence-electron chi connectivity index (χ0n) is 17.1. The summed E-state index contributed by atoms with van der Waals surface area (Å²) >= 11 is 0. The van der Waals surface area contributed by atoms with Gasteiger partial charge in [0, 0.05) is 24.2 Å². The SMILES string of the molecule is CCn1c(CO)nn(-c2nc(OC(C)C)c(C(=O)Cc3cn[nH]c3C)cc2F)c1=O. The minimum atomic E-state index is -0.911. The van der Waals surface area contributed by atoms with Gasteiger partial charge in [-0.15, -0.1) is 5.10 Å². The van der Waals surface area contributed by atoms with Gasteiger partial charge in [-0.05, 0) is 33.8 Å². The Balaban J connectivity index is 2.10. The summed E-state index contributed by atoms with van der Waals surface area (Å²) in [5.41, 5.74) is 0.700. The molecule has 3 aromatic heterocycles. The highest BCUT2D eigenvalue weighted by Crippen LogP contribution is 2.24. The van der Waals surface area contributed by atoms with Gasteiger partial charge in [-0.2, -0.15) is 14.8 Å². The van der Waals surface area contributed by atoms with Crippen molar-refractivity contribution in [2.24, 2.45) is 0 Å². The predicted molar refractivity (Wildman–Crippen MR) is 104 cm³/mol. The number of carbonyl (C=O) groups is 1. The molecule has 0 spiro atoms. The number of ketones is 1. The third-order valence-electron chi connectivity index (χ3n) is 4.45. The minimum Gasteiger partial charge on any atom is -0.474 e. The van der Waals surface area contributed by atoms with Crippen LogP contribution in [0, 0.1) is 12.7 Å². The number of nitrogens with one attached hydrogen (secondary N) is 1. The van der Waals surface area contributed by atoms with E-state index < -0.39 is 29.7 Å². The Bertz CT molecular complexity index is 1130. The molecule has 0 saturated carbocycles. The predicted octanol–water partition coefficient (Wildman–Crippen LogP) is 1.32. The van der Waals surface area contributed by atoms with Crippen LogP contribution in [0.4, 0.5) is 4.39 Å². The third-order valence-corrected chi connectivity index (χ3v) is 4.45. The molecule has 0 radical (unpaired) electrons. The van der Waals surface area contributed by atoms with Crippen molar-refractivity contribution in [2.75, 3.05) is 0 Å². The largest absolute Gasteiger partial charge is 0.474 e. The second kappa shape index (κ2) is 8.57. The summed E-state index contributed by atoms with van der Waals surface area (Å²) < 4.78 is 22.5. The van der Waals surface area contributed by atoms with Gasteiger partial charge in [-0.3, -0.25) is 14.5 Å². The van der Waals surface area contributed by atoms with Crippen LogP contribution < -0.4 is 10.4 Å². The van der Waals surface area contributed by atoms with E-state index in [0.717, 1.165) is 16.4 Å². The minimum absolute atomic E-state index is 0.0175. The number of rotatable bonds is 8. The smallest absolute Gasteiger partial charge is 0.352 e. The molecule has 160 valence electrons. The lowest BCUT2D eigenvalue weighted by atomic mass is 10.0. The van der Waals surface area contributed by atoms with E-state index in [9.17, 15) is 19.1 Å². The van der Waals surface area contributed by atoms with Crippen molar-refractivity contribution in [1.29, 1.82) is 0 Å². The molecule has 3 aromatic rings. The molecule has 3 rings (SSSR count). The highest BCUT2D eigenvalue weighted by atomic mass is 19.1. The van der Waals surface area contributed by atoms with E-state index in [1.807, 2.05) is 0 Å². The van der Waals surface area contributed by atoms with Crippen LogP contribution in [0.25, 0.3) is 5.82 Å². The van der Waals surface area contributed by atoms with E-state index in [2.05, 4.69) is 20.3 Å². The van der Waals surface area contributed by atoms with E-state index in [0.29, 0.717) is 5.56 Å². The standard InChI is InChI=1S/C19H23FN6O4/c1-5-25-16(9-27)24-26(19(25)29)17-14(20)7-13(18(22-17)30-10(2)3)15(28)6-12-8-21-23-11(12)4/h7-8,10,27H,5-6,9H2,1-4H3,(H,21,23). The molecule has 11 heteroatoms. The zero-order valence-corrected chi connectivity index (χ0v) is 17.1. The van der Waals surface area contributed by atoms with E-state index in [-0.39, 0.29) is 36.3 Å². The van der Waals surface area contributed by atoms with Gasteiger partial charge in [-0.1, -0.05) is 0 Å². The lowest BCUT2D eigenvalue weighted by molar-refractivity contribution is 0.0985. The first-order valence-corrected chi connectivity index (χ1v) is 9.46. The van der Waals surface area contributed by atoms with Gasteiger partial charge >= 0.3 is 5.69 Å². The first kappa shape index (κ1) is 21.4. The molecule has 0 unspecified atom stereocenters. The Morgan fingerprint density at radius 3 is 2.67 bits per heavy atom. The van der Waals surface area contributed by atoms with Crippen LogP contribution in [0.2, 0.25) is 0 Å². The summed E-state index contributed by atoms with van der Waals surface area (Å²) in [6.07, 6.45) is 1.16. The van der Waals surface area contributed by atoms with Crippen LogP contribution in [0.15, 0.2) is 17.1 Å². The van der Waals surface area contributed by atoms with Gasteiger partial charge in [0.25, 0.3) is 0 Å². The van der Waals surface area contributed by atoms with Crippen molar-refractivity contribution in [2.45, 2.75) is 53.4 Å². The molecule has 0 fully saturated rings. The molecule has 3 heterocycles. The first-order chi connectivity index (χ1) is 14.3. The molecule has 0 aliphatic heterocycles. The van der Waals surface area contributed by atoms with Crippen LogP contribution in [0.5, 0.6) is 5.88 Å². The topological polar surface area (TPSA) is 128 Å². The van der Waals surface area contributed by atoms with Crippen LogP contribution >= 0.6 is 0 Å². The number of aliphatic hydroxyl groups excluding tert-OH is 1. The number of aromatic nitrogens is 6. The first-order valence-electron chi connectivity index (χ1n) is 9.46. The van der Waals surface area contributed by atoms with E-state index in [4.69, 9.17) is 4.74 Å². The van der Waals surface area contributed by atoms with Crippen LogP contribution in [-0.2, 0) is 19.6 Å². The number of hydrogen-bond donors (Lipinski definition) is 2. The van der Waals surface area contributed by atoms with Crippen molar-refractivity contribution in [3.63, 3.8) is 0 Å². The Labute approximate surface area is 171 Å². The van der Waals surface area contributed by atoms with Gasteiger partial charge in [0.15, 0.2) is 23.2 Å². The van der Waals surface area contributed by atoms with Gasteiger partial charge in [0.1, 0.15) is 6.61 Å². The van der Waals surface area contributed by atoms with Crippen molar-refractivity contribution in [1.82, 2.24) is 29.5 Å². The number of halogens is 1.